The van der Waals surface area contributed by atoms with Gasteiger partial charge in [-0.3, -0.25) is 4.79 Å². The Labute approximate surface area is 143 Å². The van der Waals surface area contributed by atoms with Crippen molar-refractivity contribution in [2.45, 2.75) is 12.6 Å². The number of nitrogens with one attached hydrogen (secondary N) is 1. The summed E-state index contributed by atoms with van der Waals surface area (Å²) in [5.41, 5.74) is -0.0670. The third-order valence-corrected chi connectivity index (χ3v) is 3.89. The number of carbonyl (C=O) groups excluding carboxylic acids is 1. The number of hydrogen-bond acceptors (Lipinski definition) is 2. The highest BCUT2D eigenvalue weighted by molar-refractivity contribution is 14.1. The van der Waals surface area contributed by atoms with Gasteiger partial charge in [-0.2, -0.15) is 13.2 Å². The van der Waals surface area contributed by atoms with E-state index in [9.17, 15) is 18.0 Å². The highest BCUT2D eigenvalue weighted by atomic mass is 127. The van der Waals surface area contributed by atoms with Crippen LogP contribution in [0, 0.1) is 3.57 Å². The molecule has 0 aliphatic rings. The van der Waals surface area contributed by atoms with Crippen LogP contribution < -0.4 is 5.32 Å². The van der Waals surface area contributed by atoms with Gasteiger partial charge in [0, 0.05) is 9.77 Å². The van der Waals surface area contributed by atoms with E-state index in [1.165, 1.54) is 18.3 Å². The second kappa shape index (κ2) is 6.82. The molecule has 116 valence electrons. The summed E-state index contributed by atoms with van der Waals surface area (Å²) in [6.45, 7) is 0. The molecule has 0 fully saturated rings. The van der Waals surface area contributed by atoms with Gasteiger partial charge < -0.3 is 5.32 Å². The first-order valence-corrected chi connectivity index (χ1v) is 7.48. The third-order valence-electron chi connectivity index (χ3n) is 2.72. The normalized spacial score (nSPS) is 11.3. The summed E-state index contributed by atoms with van der Waals surface area (Å²) in [5.74, 6) is -0.429. The number of amides is 1. The Balaban J connectivity index is 2.12. The fraction of sp³-hybridized carbons (Fsp3) is 0.143. The Morgan fingerprint density at radius 2 is 2.00 bits per heavy atom. The molecule has 1 heterocycles. The van der Waals surface area contributed by atoms with Crippen molar-refractivity contribution in [2.24, 2.45) is 0 Å². The van der Waals surface area contributed by atoms with Gasteiger partial charge in [-0.05, 0) is 52.4 Å². The molecule has 1 aromatic carbocycles. The molecule has 1 amide bonds. The van der Waals surface area contributed by atoms with Crippen LogP contribution in [0.15, 0.2) is 36.5 Å². The summed E-state index contributed by atoms with van der Waals surface area (Å²) in [5, 5.41) is 2.78. The van der Waals surface area contributed by atoms with E-state index in [-0.39, 0.29) is 12.1 Å². The summed E-state index contributed by atoms with van der Waals surface area (Å²) in [7, 11) is 0. The quantitative estimate of drug-likeness (QED) is 0.562. The predicted molar refractivity (Wildman–Crippen MR) is 85.7 cm³/mol. The molecule has 2 aromatic rings. The summed E-state index contributed by atoms with van der Waals surface area (Å²) in [6, 6.07) is 6.37. The zero-order valence-corrected chi connectivity index (χ0v) is 13.8. The van der Waals surface area contributed by atoms with Crippen LogP contribution in [0.25, 0.3) is 0 Å². The van der Waals surface area contributed by atoms with Crippen LogP contribution >= 0.6 is 34.2 Å². The number of benzene rings is 1. The van der Waals surface area contributed by atoms with Gasteiger partial charge in [-0.25, -0.2) is 4.98 Å². The van der Waals surface area contributed by atoms with Crippen molar-refractivity contribution in [1.82, 2.24) is 4.98 Å². The van der Waals surface area contributed by atoms with E-state index in [1.807, 2.05) is 22.6 Å². The van der Waals surface area contributed by atoms with E-state index in [0.29, 0.717) is 14.3 Å². The molecule has 1 N–H and O–H groups in total. The van der Waals surface area contributed by atoms with Gasteiger partial charge in [0.25, 0.3) is 0 Å². The summed E-state index contributed by atoms with van der Waals surface area (Å²) >= 11 is 7.50. The summed E-state index contributed by atoms with van der Waals surface area (Å²) in [6.07, 6.45) is -3.01. The minimum absolute atomic E-state index is 0.00348. The van der Waals surface area contributed by atoms with Crippen LogP contribution in [0.5, 0.6) is 0 Å². The van der Waals surface area contributed by atoms with Crippen molar-refractivity contribution in [3.8, 4) is 0 Å². The van der Waals surface area contributed by atoms with E-state index in [4.69, 9.17) is 11.6 Å². The van der Waals surface area contributed by atoms with Crippen molar-refractivity contribution in [1.29, 1.82) is 0 Å². The molecule has 0 unspecified atom stereocenters. The minimum atomic E-state index is -4.45. The lowest BCUT2D eigenvalue weighted by Crippen LogP contribution is -2.16. The van der Waals surface area contributed by atoms with Gasteiger partial charge in [0.1, 0.15) is 5.15 Å². The number of carbonyl (C=O) groups is 1. The van der Waals surface area contributed by atoms with Crippen LogP contribution in [0.3, 0.4) is 0 Å². The first-order valence-electron chi connectivity index (χ1n) is 6.03. The first kappa shape index (κ1) is 17.0. The molecule has 0 spiro atoms. The standard InChI is InChI=1S/C14H9ClF3IN2O/c15-12-4-1-8(7-20-12)5-13(22)21-11-6-9(14(16,17)18)2-3-10(11)19/h1-4,6-7H,5H2,(H,21,22). The van der Waals surface area contributed by atoms with E-state index in [0.717, 1.165) is 12.1 Å². The highest BCUT2D eigenvalue weighted by Gasteiger charge is 2.31. The first-order chi connectivity index (χ1) is 10.3. The van der Waals surface area contributed by atoms with Gasteiger partial charge in [-0.1, -0.05) is 17.7 Å². The predicted octanol–water partition coefficient (Wildman–Crippen LogP) is 4.54. The smallest absolute Gasteiger partial charge is 0.325 e. The number of alkyl halides is 3. The Morgan fingerprint density at radius 3 is 2.59 bits per heavy atom. The van der Waals surface area contributed by atoms with Crippen LogP contribution in [-0.4, -0.2) is 10.9 Å². The van der Waals surface area contributed by atoms with E-state index >= 15 is 0 Å². The molecule has 0 atom stereocenters. The Kier molecular flexibility index (Phi) is 5.28. The maximum Gasteiger partial charge on any atom is 0.416 e. The molecule has 1 aromatic heterocycles. The maximum absolute atomic E-state index is 12.7. The number of aromatic nitrogens is 1. The molecule has 2 rings (SSSR count). The topological polar surface area (TPSA) is 42.0 Å². The molecule has 3 nitrogen and oxygen atoms in total. The van der Waals surface area contributed by atoms with Crippen LogP contribution in [0.2, 0.25) is 5.15 Å². The van der Waals surface area contributed by atoms with Gasteiger partial charge in [0.2, 0.25) is 5.91 Å². The van der Waals surface area contributed by atoms with Gasteiger partial charge >= 0.3 is 6.18 Å². The highest BCUT2D eigenvalue weighted by Crippen LogP contribution is 2.32. The average molecular weight is 441 g/mol. The Bertz CT molecular complexity index is 689. The van der Waals surface area contributed by atoms with Gasteiger partial charge in [0.15, 0.2) is 0 Å². The number of pyridine rings is 1. The maximum atomic E-state index is 12.7. The average Bonchev–Trinajstić information content (AvgIpc) is 2.42. The molecule has 0 saturated heterocycles. The largest absolute Gasteiger partial charge is 0.416 e. The lowest BCUT2D eigenvalue weighted by Gasteiger charge is -2.12. The molecule has 22 heavy (non-hydrogen) atoms. The van der Waals surface area contributed by atoms with Crippen molar-refractivity contribution < 1.29 is 18.0 Å². The number of hydrogen-bond donors (Lipinski definition) is 1. The van der Waals surface area contributed by atoms with E-state index in [1.54, 1.807) is 6.07 Å². The Morgan fingerprint density at radius 1 is 1.27 bits per heavy atom. The molecule has 8 heteroatoms. The van der Waals surface area contributed by atoms with Gasteiger partial charge in [-0.15, -0.1) is 0 Å². The zero-order chi connectivity index (χ0) is 16.3. The van der Waals surface area contributed by atoms with Crippen molar-refractivity contribution >= 4 is 45.8 Å². The van der Waals surface area contributed by atoms with Crippen LogP contribution in [-0.2, 0) is 17.4 Å². The summed E-state index contributed by atoms with van der Waals surface area (Å²) in [4.78, 5) is 15.8. The summed E-state index contributed by atoms with van der Waals surface area (Å²) < 4.78 is 38.6. The number of nitrogens with zero attached hydrogens (tertiary/aromatic N) is 1. The van der Waals surface area contributed by atoms with Gasteiger partial charge in [0.05, 0.1) is 17.7 Å². The molecule has 0 bridgehead atoms. The molecule has 0 saturated carbocycles. The zero-order valence-electron chi connectivity index (χ0n) is 10.9. The number of anilines is 1. The molecule has 0 aliphatic carbocycles. The molecular formula is C14H9ClF3IN2O. The molecule has 0 aliphatic heterocycles. The van der Waals surface area contributed by atoms with Crippen molar-refractivity contribution in [3.05, 3.63) is 56.4 Å². The minimum Gasteiger partial charge on any atom is -0.325 e. The second-order valence-corrected chi connectivity index (χ2v) is 5.96. The SMILES string of the molecule is O=C(Cc1ccc(Cl)nc1)Nc1cc(C(F)(F)F)ccc1I. The van der Waals surface area contributed by atoms with Crippen LogP contribution in [0.1, 0.15) is 11.1 Å². The van der Waals surface area contributed by atoms with Crippen LogP contribution in [0.4, 0.5) is 18.9 Å². The van der Waals surface area contributed by atoms with Crippen molar-refractivity contribution in [3.63, 3.8) is 0 Å². The molecular weight excluding hydrogens is 432 g/mol. The fourth-order valence-corrected chi connectivity index (χ4v) is 2.27. The van der Waals surface area contributed by atoms with E-state index in [2.05, 4.69) is 10.3 Å². The molecule has 0 radical (unpaired) electrons. The third kappa shape index (κ3) is 4.57. The number of halogens is 5. The lowest BCUT2D eigenvalue weighted by molar-refractivity contribution is -0.137. The Hall–Kier alpha value is -1.35. The number of rotatable bonds is 3. The van der Waals surface area contributed by atoms with E-state index < -0.39 is 17.6 Å². The lowest BCUT2D eigenvalue weighted by atomic mass is 10.1. The second-order valence-electron chi connectivity index (χ2n) is 4.41. The fourth-order valence-electron chi connectivity index (χ4n) is 1.69. The van der Waals surface area contributed by atoms with Crippen molar-refractivity contribution in [2.75, 3.05) is 5.32 Å². The monoisotopic (exact) mass is 440 g/mol.